The van der Waals surface area contributed by atoms with Crippen molar-refractivity contribution < 1.29 is 0 Å². The minimum atomic E-state index is 0.263. The summed E-state index contributed by atoms with van der Waals surface area (Å²) in [6.07, 6.45) is 2.24. The Bertz CT molecular complexity index is 588. The highest BCUT2D eigenvalue weighted by Gasteiger charge is 2.36. The van der Waals surface area contributed by atoms with Crippen molar-refractivity contribution in [3.05, 3.63) is 45.7 Å². The van der Waals surface area contributed by atoms with Crippen molar-refractivity contribution in [2.45, 2.75) is 31.7 Å². The molecule has 0 fully saturated rings. The Morgan fingerprint density at radius 1 is 1.45 bits per heavy atom. The molecule has 0 aliphatic heterocycles. The summed E-state index contributed by atoms with van der Waals surface area (Å²) in [7, 11) is 1.96. The summed E-state index contributed by atoms with van der Waals surface area (Å²) in [5.41, 5.74) is 4.05. The summed E-state index contributed by atoms with van der Waals surface area (Å²) >= 11 is 3.54. The second-order valence-corrected chi connectivity index (χ2v) is 6.08. The highest BCUT2D eigenvalue weighted by molar-refractivity contribution is 9.10. The molecule has 0 spiro atoms. The molecule has 2 aromatic rings. The van der Waals surface area contributed by atoms with Crippen molar-refractivity contribution in [1.82, 2.24) is 20.3 Å². The molecule has 2 atom stereocenters. The van der Waals surface area contributed by atoms with Gasteiger partial charge >= 0.3 is 0 Å². The standard InChI is InChI=1S/C15H19BrN4/c1-3-8-17-13(14-15(16)18-19-20(14)2)12-9-10-6-4-5-7-11(10)12/h4-7,12-13,17H,3,8-9H2,1-2H3. The Kier molecular flexibility index (Phi) is 3.89. The third-order valence-corrected chi connectivity index (χ3v) is 4.60. The van der Waals surface area contributed by atoms with Gasteiger partial charge in [0.15, 0.2) is 4.60 Å². The van der Waals surface area contributed by atoms with Crippen LogP contribution in [0.2, 0.25) is 0 Å². The zero-order valence-corrected chi connectivity index (χ0v) is 13.4. The first kappa shape index (κ1) is 13.8. The smallest absolute Gasteiger partial charge is 0.153 e. The molecule has 0 saturated heterocycles. The fraction of sp³-hybridized carbons (Fsp3) is 0.467. The minimum absolute atomic E-state index is 0.263. The van der Waals surface area contributed by atoms with Gasteiger partial charge in [0.2, 0.25) is 0 Å². The number of benzene rings is 1. The molecule has 1 N–H and O–H groups in total. The fourth-order valence-corrected chi connectivity index (χ4v) is 3.57. The number of hydrogen-bond acceptors (Lipinski definition) is 3. The molecular weight excluding hydrogens is 316 g/mol. The van der Waals surface area contributed by atoms with Crippen LogP contribution in [0.5, 0.6) is 0 Å². The van der Waals surface area contributed by atoms with Gasteiger partial charge in [-0.1, -0.05) is 36.4 Å². The van der Waals surface area contributed by atoms with Crippen LogP contribution in [0.15, 0.2) is 28.9 Å². The lowest BCUT2D eigenvalue weighted by Crippen LogP contribution is -2.35. The molecular formula is C15H19BrN4. The van der Waals surface area contributed by atoms with Gasteiger partial charge in [0.05, 0.1) is 11.7 Å². The maximum atomic E-state index is 4.13. The van der Waals surface area contributed by atoms with Gasteiger partial charge in [-0.05, 0) is 46.4 Å². The van der Waals surface area contributed by atoms with Crippen LogP contribution in [-0.4, -0.2) is 21.5 Å². The van der Waals surface area contributed by atoms with E-state index >= 15 is 0 Å². The lowest BCUT2D eigenvalue weighted by Gasteiger charge is -2.37. The molecule has 1 heterocycles. The molecule has 4 nitrogen and oxygen atoms in total. The molecule has 0 bridgehead atoms. The van der Waals surface area contributed by atoms with E-state index in [-0.39, 0.29) is 6.04 Å². The molecule has 0 amide bonds. The fourth-order valence-electron chi connectivity index (χ4n) is 2.99. The average Bonchev–Trinajstić information content (AvgIpc) is 2.75. The third-order valence-electron chi connectivity index (χ3n) is 4.03. The van der Waals surface area contributed by atoms with E-state index in [1.165, 1.54) is 11.1 Å². The SMILES string of the molecule is CCCNC(c1c(Br)nnn1C)C1Cc2ccccc21. The Labute approximate surface area is 127 Å². The van der Waals surface area contributed by atoms with Gasteiger partial charge in [0, 0.05) is 13.0 Å². The van der Waals surface area contributed by atoms with E-state index in [1.54, 1.807) is 0 Å². The number of fused-ring (bicyclic) bond motifs is 1. The van der Waals surface area contributed by atoms with Gasteiger partial charge in [0.1, 0.15) is 0 Å². The first-order valence-electron chi connectivity index (χ1n) is 7.08. The summed E-state index contributed by atoms with van der Waals surface area (Å²) in [4.78, 5) is 0. The molecule has 3 rings (SSSR count). The number of aryl methyl sites for hydroxylation is 1. The number of nitrogens with zero attached hydrogens (tertiary/aromatic N) is 3. The quantitative estimate of drug-likeness (QED) is 0.914. The average molecular weight is 335 g/mol. The maximum Gasteiger partial charge on any atom is 0.153 e. The zero-order chi connectivity index (χ0) is 14.1. The van der Waals surface area contributed by atoms with Crippen LogP contribution >= 0.6 is 15.9 Å². The van der Waals surface area contributed by atoms with E-state index in [0.29, 0.717) is 5.92 Å². The Morgan fingerprint density at radius 2 is 2.25 bits per heavy atom. The molecule has 1 aromatic carbocycles. The molecule has 1 aromatic heterocycles. The summed E-state index contributed by atoms with van der Waals surface area (Å²) < 4.78 is 2.72. The van der Waals surface area contributed by atoms with E-state index in [9.17, 15) is 0 Å². The Morgan fingerprint density at radius 3 is 2.90 bits per heavy atom. The minimum Gasteiger partial charge on any atom is -0.308 e. The van der Waals surface area contributed by atoms with Gasteiger partial charge in [0.25, 0.3) is 0 Å². The second-order valence-electron chi connectivity index (χ2n) is 5.33. The first-order valence-corrected chi connectivity index (χ1v) is 7.88. The third kappa shape index (κ3) is 2.29. The van der Waals surface area contributed by atoms with Gasteiger partial charge in [-0.25, -0.2) is 4.68 Å². The van der Waals surface area contributed by atoms with Crippen molar-refractivity contribution in [2.24, 2.45) is 7.05 Å². The molecule has 0 saturated carbocycles. The summed E-state index contributed by atoms with van der Waals surface area (Å²) in [5.74, 6) is 0.506. The van der Waals surface area contributed by atoms with Gasteiger partial charge < -0.3 is 5.32 Å². The van der Waals surface area contributed by atoms with Crippen LogP contribution in [0.1, 0.15) is 42.1 Å². The molecule has 1 aliphatic carbocycles. The van der Waals surface area contributed by atoms with Gasteiger partial charge in [-0.2, -0.15) is 0 Å². The van der Waals surface area contributed by atoms with Crippen molar-refractivity contribution >= 4 is 15.9 Å². The van der Waals surface area contributed by atoms with Gasteiger partial charge in [-0.15, -0.1) is 5.10 Å². The van der Waals surface area contributed by atoms with Crippen LogP contribution in [-0.2, 0) is 13.5 Å². The highest BCUT2D eigenvalue weighted by atomic mass is 79.9. The van der Waals surface area contributed by atoms with E-state index in [1.807, 2.05) is 11.7 Å². The summed E-state index contributed by atoms with van der Waals surface area (Å²) in [5, 5.41) is 11.9. The van der Waals surface area contributed by atoms with Crippen molar-refractivity contribution in [3.63, 3.8) is 0 Å². The Hall–Kier alpha value is -1.20. The monoisotopic (exact) mass is 334 g/mol. The van der Waals surface area contributed by atoms with E-state index in [2.05, 4.69) is 62.7 Å². The molecule has 1 aliphatic rings. The highest BCUT2D eigenvalue weighted by Crippen LogP contribution is 2.44. The normalized spacial score (nSPS) is 18.4. The predicted octanol–water partition coefficient (Wildman–Crippen LogP) is 2.96. The molecule has 5 heteroatoms. The maximum absolute atomic E-state index is 4.13. The van der Waals surface area contributed by atoms with Crippen LogP contribution in [0.3, 0.4) is 0 Å². The summed E-state index contributed by atoms with van der Waals surface area (Å²) in [6, 6.07) is 8.96. The van der Waals surface area contributed by atoms with E-state index in [0.717, 1.165) is 29.7 Å². The number of hydrogen-bond donors (Lipinski definition) is 1. The number of nitrogens with one attached hydrogen (secondary N) is 1. The van der Waals surface area contributed by atoms with Crippen LogP contribution < -0.4 is 5.32 Å². The number of aromatic nitrogens is 3. The Balaban J connectivity index is 1.93. The lowest BCUT2D eigenvalue weighted by atomic mass is 9.72. The van der Waals surface area contributed by atoms with Gasteiger partial charge in [-0.3, -0.25) is 0 Å². The largest absolute Gasteiger partial charge is 0.308 e. The first-order chi connectivity index (χ1) is 9.72. The summed E-state index contributed by atoms with van der Waals surface area (Å²) in [6.45, 7) is 3.19. The second kappa shape index (κ2) is 5.66. The van der Waals surface area contributed by atoms with Crippen molar-refractivity contribution in [2.75, 3.05) is 6.54 Å². The molecule has 0 radical (unpaired) electrons. The van der Waals surface area contributed by atoms with E-state index in [4.69, 9.17) is 0 Å². The predicted molar refractivity (Wildman–Crippen MR) is 82.6 cm³/mol. The molecule has 2 unspecified atom stereocenters. The lowest BCUT2D eigenvalue weighted by molar-refractivity contribution is 0.390. The van der Waals surface area contributed by atoms with Crippen molar-refractivity contribution in [1.29, 1.82) is 0 Å². The molecule has 106 valence electrons. The number of halogens is 1. The van der Waals surface area contributed by atoms with Crippen LogP contribution in [0.4, 0.5) is 0 Å². The van der Waals surface area contributed by atoms with E-state index < -0.39 is 0 Å². The van der Waals surface area contributed by atoms with Crippen molar-refractivity contribution in [3.8, 4) is 0 Å². The van der Waals surface area contributed by atoms with Crippen LogP contribution in [0.25, 0.3) is 0 Å². The van der Waals surface area contributed by atoms with Crippen LogP contribution in [0, 0.1) is 0 Å². The molecule has 20 heavy (non-hydrogen) atoms. The topological polar surface area (TPSA) is 42.7 Å². The number of rotatable bonds is 5. The zero-order valence-electron chi connectivity index (χ0n) is 11.8.